The van der Waals surface area contributed by atoms with Crippen molar-refractivity contribution in [2.45, 2.75) is 58.5 Å². The van der Waals surface area contributed by atoms with E-state index in [0.717, 1.165) is 35.8 Å². The summed E-state index contributed by atoms with van der Waals surface area (Å²) in [5, 5.41) is 5.40. The van der Waals surface area contributed by atoms with Gasteiger partial charge < -0.3 is 24.7 Å². The molecule has 1 aromatic heterocycles. The number of hydrogen-bond acceptors (Lipinski definition) is 7. The minimum absolute atomic E-state index is 0.0378. The average molecular weight is 599 g/mol. The van der Waals surface area contributed by atoms with E-state index in [0.29, 0.717) is 47.6 Å². The number of nitrogens with zero attached hydrogens (tertiary/aromatic N) is 2. The van der Waals surface area contributed by atoms with Crippen LogP contribution in [0.15, 0.2) is 33.9 Å². The van der Waals surface area contributed by atoms with E-state index in [9.17, 15) is 28.0 Å². The second-order valence-electron chi connectivity index (χ2n) is 10.7. The molecule has 0 spiro atoms. The Morgan fingerprint density at radius 1 is 1.12 bits per heavy atom. The summed E-state index contributed by atoms with van der Waals surface area (Å²) < 4.78 is 43.2. The highest BCUT2D eigenvalue weighted by Gasteiger charge is 2.30. The molecule has 0 fully saturated rings. The predicted molar refractivity (Wildman–Crippen MR) is 158 cm³/mol. The standard InChI is InChI=1S/C31H36F2N4O6/c1-7-16(2)34-19-14-22(32)26(23(33)15-19)28(38)35-24(30(40)42-6)13-18-10-11-21(27-20(18)9-8-12-43-27)25-17(3)36(4)31(41)37(5)29(25)39/h10-11,14-16,24,34H,7-9,12-13H2,1-6H3,(H,35,38)/t16-,24-/m0/s1. The Morgan fingerprint density at radius 2 is 1.79 bits per heavy atom. The van der Waals surface area contributed by atoms with Crippen LogP contribution in [0.4, 0.5) is 14.5 Å². The van der Waals surface area contributed by atoms with E-state index in [1.807, 2.05) is 13.8 Å². The number of ether oxygens (including phenoxy) is 2. The number of fused-ring (bicyclic) bond motifs is 1. The van der Waals surface area contributed by atoms with Crippen molar-refractivity contribution in [1.29, 1.82) is 0 Å². The third kappa shape index (κ3) is 6.18. The number of halogens is 2. The van der Waals surface area contributed by atoms with Crippen molar-refractivity contribution < 1.29 is 27.8 Å². The third-order valence-electron chi connectivity index (χ3n) is 7.91. The predicted octanol–water partition coefficient (Wildman–Crippen LogP) is 3.39. The van der Waals surface area contributed by atoms with Crippen molar-refractivity contribution in [1.82, 2.24) is 14.5 Å². The van der Waals surface area contributed by atoms with Gasteiger partial charge >= 0.3 is 11.7 Å². The molecule has 43 heavy (non-hydrogen) atoms. The monoisotopic (exact) mass is 598 g/mol. The number of nitrogens with one attached hydrogen (secondary N) is 2. The molecule has 1 aliphatic heterocycles. The van der Waals surface area contributed by atoms with Crippen LogP contribution in [0.3, 0.4) is 0 Å². The second kappa shape index (κ2) is 12.8. The summed E-state index contributed by atoms with van der Waals surface area (Å²) in [5.41, 5.74) is 1.08. The second-order valence-corrected chi connectivity index (χ2v) is 10.7. The molecule has 1 amide bonds. The van der Waals surface area contributed by atoms with Crippen LogP contribution in [0.5, 0.6) is 5.75 Å². The quantitative estimate of drug-likeness (QED) is 0.363. The zero-order chi connectivity index (χ0) is 31.6. The van der Waals surface area contributed by atoms with Gasteiger partial charge in [0.1, 0.15) is 29.0 Å². The van der Waals surface area contributed by atoms with Crippen LogP contribution in [0, 0.1) is 18.6 Å². The molecule has 0 unspecified atom stereocenters. The number of amides is 1. The Balaban J connectivity index is 1.70. The van der Waals surface area contributed by atoms with Crippen molar-refractivity contribution in [3.63, 3.8) is 0 Å². The first-order valence-corrected chi connectivity index (χ1v) is 14.1. The van der Waals surface area contributed by atoms with E-state index in [2.05, 4.69) is 10.6 Å². The molecular formula is C31H36F2N4O6. The molecule has 0 radical (unpaired) electrons. The van der Waals surface area contributed by atoms with Gasteiger partial charge in [-0.25, -0.2) is 18.4 Å². The van der Waals surface area contributed by atoms with Gasteiger partial charge in [-0.05, 0) is 56.4 Å². The fourth-order valence-corrected chi connectivity index (χ4v) is 5.22. The summed E-state index contributed by atoms with van der Waals surface area (Å²) in [6.07, 6.45) is 1.88. The molecule has 3 aromatic rings. The Kier molecular flexibility index (Phi) is 9.37. The minimum atomic E-state index is -1.28. The molecule has 10 nitrogen and oxygen atoms in total. The van der Waals surface area contributed by atoms with E-state index >= 15 is 0 Å². The molecule has 2 atom stereocenters. The first kappa shape index (κ1) is 31.5. The van der Waals surface area contributed by atoms with Crippen LogP contribution in [-0.4, -0.2) is 46.8 Å². The molecule has 0 bridgehead atoms. The number of rotatable bonds is 9. The van der Waals surface area contributed by atoms with E-state index in [1.165, 1.54) is 11.6 Å². The molecule has 1 aliphatic rings. The first-order chi connectivity index (χ1) is 20.4. The lowest BCUT2D eigenvalue weighted by molar-refractivity contribution is -0.142. The van der Waals surface area contributed by atoms with E-state index in [1.54, 1.807) is 26.1 Å². The van der Waals surface area contributed by atoms with Crippen LogP contribution < -0.4 is 26.6 Å². The maximum absolute atomic E-state index is 14.9. The van der Waals surface area contributed by atoms with Crippen LogP contribution in [0.1, 0.15) is 53.9 Å². The topological polar surface area (TPSA) is 121 Å². The molecule has 2 aromatic carbocycles. The van der Waals surface area contributed by atoms with Crippen molar-refractivity contribution in [2.24, 2.45) is 14.1 Å². The van der Waals surface area contributed by atoms with Gasteiger partial charge in [0.25, 0.3) is 11.5 Å². The first-order valence-electron chi connectivity index (χ1n) is 14.1. The van der Waals surface area contributed by atoms with Crippen LogP contribution in [0.25, 0.3) is 11.1 Å². The van der Waals surface area contributed by atoms with Gasteiger partial charge in [-0.3, -0.25) is 14.2 Å². The summed E-state index contributed by atoms with van der Waals surface area (Å²) in [6, 6.07) is 4.14. The number of benzene rings is 2. The van der Waals surface area contributed by atoms with Gasteiger partial charge in [0.05, 0.1) is 19.3 Å². The molecule has 230 valence electrons. The zero-order valence-electron chi connectivity index (χ0n) is 25.1. The number of methoxy groups -OCH3 is 1. The normalized spacial score (nSPS) is 13.9. The van der Waals surface area contributed by atoms with Crippen molar-refractivity contribution >= 4 is 17.6 Å². The van der Waals surface area contributed by atoms with E-state index in [4.69, 9.17) is 9.47 Å². The fraction of sp³-hybridized carbons (Fsp3) is 0.419. The summed E-state index contributed by atoms with van der Waals surface area (Å²) in [4.78, 5) is 51.4. The fourth-order valence-electron chi connectivity index (χ4n) is 5.22. The Hall–Kier alpha value is -4.48. The Labute approximate surface area is 247 Å². The molecule has 2 heterocycles. The summed E-state index contributed by atoms with van der Waals surface area (Å²) >= 11 is 0. The Bertz CT molecular complexity index is 1670. The number of carbonyl (C=O) groups is 2. The molecule has 0 saturated carbocycles. The summed E-state index contributed by atoms with van der Waals surface area (Å²) in [7, 11) is 4.13. The van der Waals surface area contributed by atoms with Crippen LogP contribution >= 0.6 is 0 Å². The highest BCUT2D eigenvalue weighted by molar-refractivity contribution is 5.97. The van der Waals surface area contributed by atoms with Gasteiger partial charge in [0.15, 0.2) is 0 Å². The maximum atomic E-state index is 14.9. The van der Waals surface area contributed by atoms with Crippen LogP contribution in [0.2, 0.25) is 0 Å². The van der Waals surface area contributed by atoms with Crippen molar-refractivity contribution in [3.8, 4) is 16.9 Å². The zero-order valence-corrected chi connectivity index (χ0v) is 25.1. The smallest absolute Gasteiger partial charge is 0.330 e. The largest absolute Gasteiger partial charge is 0.493 e. The molecule has 0 aliphatic carbocycles. The number of anilines is 1. The summed E-state index contributed by atoms with van der Waals surface area (Å²) in [6.45, 7) is 5.85. The van der Waals surface area contributed by atoms with Crippen molar-refractivity contribution in [3.05, 3.63) is 79.1 Å². The molecule has 2 N–H and O–H groups in total. The molecular weight excluding hydrogens is 562 g/mol. The average Bonchev–Trinajstić information content (AvgIpc) is 2.98. The van der Waals surface area contributed by atoms with Gasteiger partial charge in [0.2, 0.25) is 0 Å². The molecule has 4 rings (SSSR count). The lowest BCUT2D eigenvalue weighted by Gasteiger charge is -2.26. The number of esters is 1. The van der Waals surface area contributed by atoms with E-state index < -0.39 is 46.4 Å². The third-order valence-corrected chi connectivity index (χ3v) is 7.91. The van der Waals surface area contributed by atoms with Gasteiger partial charge in [-0.2, -0.15) is 0 Å². The highest BCUT2D eigenvalue weighted by atomic mass is 19.1. The van der Waals surface area contributed by atoms with Crippen molar-refractivity contribution in [2.75, 3.05) is 19.0 Å². The highest BCUT2D eigenvalue weighted by Crippen LogP contribution is 2.38. The lowest BCUT2D eigenvalue weighted by Crippen LogP contribution is -2.44. The van der Waals surface area contributed by atoms with Gasteiger partial charge in [0, 0.05) is 43.5 Å². The Morgan fingerprint density at radius 3 is 2.42 bits per heavy atom. The van der Waals surface area contributed by atoms with E-state index in [-0.39, 0.29) is 18.2 Å². The lowest BCUT2D eigenvalue weighted by atomic mass is 9.90. The van der Waals surface area contributed by atoms with Gasteiger partial charge in [-0.1, -0.05) is 19.1 Å². The maximum Gasteiger partial charge on any atom is 0.330 e. The number of aromatic nitrogens is 2. The molecule has 12 heteroatoms. The number of hydrogen-bond donors (Lipinski definition) is 2. The summed E-state index contributed by atoms with van der Waals surface area (Å²) in [5.74, 6) is -3.61. The van der Waals surface area contributed by atoms with Gasteiger partial charge in [-0.15, -0.1) is 0 Å². The molecule has 0 saturated heterocycles. The SMILES string of the molecule is CC[C@H](C)Nc1cc(F)c(C(=O)N[C@@H](Cc2ccc(-c3c(C)n(C)c(=O)n(C)c3=O)c3c2CCCO3)C(=O)OC)c(F)c1. The van der Waals surface area contributed by atoms with Crippen LogP contribution in [-0.2, 0) is 36.5 Å². The number of carbonyl (C=O) groups excluding carboxylic acids is 2. The minimum Gasteiger partial charge on any atom is -0.493 e.